The van der Waals surface area contributed by atoms with Crippen molar-refractivity contribution in [3.63, 3.8) is 0 Å². The maximum Gasteiger partial charge on any atom is 0.314 e. The number of Topliss-reactive ketones (excluding diaryl/α,β-unsaturated/α-hetero) is 1. The summed E-state index contributed by atoms with van der Waals surface area (Å²) in [6, 6.07) is 0. The summed E-state index contributed by atoms with van der Waals surface area (Å²) in [7, 11) is 0. The molecule has 1 N–H and O–H groups in total. The van der Waals surface area contributed by atoms with Gasteiger partial charge in [0.25, 0.3) is 0 Å². The molecular formula is C18H30O3. The smallest absolute Gasteiger partial charge is 0.314 e. The van der Waals surface area contributed by atoms with E-state index in [9.17, 15) is 14.7 Å². The molecule has 0 aromatic rings. The van der Waals surface area contributed by atoms with Crippen LogP contribution in [0.15, 0.2) is 12.2 Å². The third kappa shape index (κ3) is 8.69. The number of aliphatic carboxylic acids is 1. The second-order valence-electron chi connectivity index (χ2n) is 6.13. The Morgan fingerprint density at radius 2 is 1.38 bits per heavy atom. The molecule has 1 atom stereocenters. The number of ketones is 1. The number of carbonyl (C=O) groups is 2. The second-order valence-corrected chi connectivity index (χ2v) is 6.13. The van der Waals surface area contributed by atoms with Gasteiger partial charge in [0.1, 0.15) is 11.7 Å². The highest BCUT2D eigenvalue weighted by Crippen LogP contribution is 2.17. The van der Waals surface area contributed by atoms with Gasteiger partial charge in [-0.05, 0) is 38.5 Å². The van der Waals surface area contributed by atoms with E-state index in [1.807, 2.05) is 0 Å². The predicted molar refractivity (Wildman–Crippen MR) is 85.3 cm³/mol. The topological polar surface area (TPSA) is 54.4 Å². The zero-order valence-electron chi connectivity index (χ0n) is 13.2. The molecule has 0 amide bonds. The van der Waals surface area contributed by atoms with Gasteiger partial charge in [-0.1, -0.05) is 50.7 Å². The Balaban J connectivity index is 2.42. The van der Waals surface area contributed by atoms with Crippen molar-refractivity contribution in [1.29, 1.82) is 0 Å². The Morgan fingerprint density at radius 1 is 0.857 bits per heavy atom. The molecule has 0 saturated heterocycles. The number of hydrogen-bond donors (Lipinski definition) is 1. The molecule has 0 aromatic heterocycles. The van der Waals surface area contributed by atoms with Gasteiger partial charge in [0.05, 0.1) is 0 Å². The van der Waals surface area contributed by atoms with E-state index in [1.54, 1.807) is 0 Å². The van der Waals surface area contributed by atoms with Crippen LogP contribution in [0.2, 0.25) is 0 Å². The van der Waals surface area contributed by atoms with E-state index in [0.29, 0.717) is 12.8 Å². The van der Waals surface area contributed by atoms with Crippen LogP contribution in [0, 0.1) is 5.92 Å². The molecule has 0 fully saturated rings. The number of allylic oxidation sites excluding steroid dienone is 2. The van der Waals surface area contributed by atoms with Crippen LogP contribution in [0.5, 0.6) is 0 Å². The summed E-state index contributed by atoms with van der Waals surface area (Å²) in [4.78, 5) is 23.2. The highest BCUT2D eigenvalue weighted by atomic mass is 16.4. The van der Waals surface area contributed by atoms with Gasteiger partial charge in [-0.15, -0.1) is 0 Å². The molecule has 0 aromatic carbocycles. The highest BCUT2D eigenvalue weighted by molar-refractivity contribution is 5.98. The van der Waals surface area contributed by atoms with Crippen LogP contribution in [-0.4, -0.2) is 16.9 Å². The molecule has 1 unspecified atom stereocenters. The predicted octanol–water partition coefficient (Wildman–Crippen LogP) is 4.90. The van der Waals surface area contributed by atoms with Gasteiger partial charge in [-0.2, -0.15) is 0 Å². The number of rotatable bonds is 1. The molecule has 3 nitrogen and oxygen atoms in total. The lowest BCUT2D eigenvalue weighted by atomic mass is 9.93. The van der Waals surface area contributed by atoms with Crippen LogP contribution in [0.4, 0.5) is 0 Å². The summed E-state index contributed by atoms with van der Waals surface area (Å²) in [6.45, 7) is 0. The van der Waals surface area contributed by atoms with E-state index in [4.69, 9.17) is 0 Å². The van der Waals surface area contributed by atoms with Gasteiger partial charge in [0, 0.05) is 6.42 Å². The van der Waals surface area contributed by atoms with Crippen molar-refractivity contribution in [3.8, 4) is 0 Å². The van der Waals surface area contributed by atoms with Gasteiger partial charge < -0.3 is 5.11 Å². The van der Waals surface area contributed by atoms with Crippen molar-refractivity contribution in [3.05, 3.63) is 12.2 Å². The summed E-state index contributed by atoms with van der Waals surface area (Å²) in [5, 5.41) is 9.20. The van der Waals surface area contributed by atoms with Gasteiger partial charge in [-0.25, -0.2) is 0 Å². The molecule has 21 heavy (non-hydrogen) atoms. The Morgan fingerprint density at radius 3 is 2.00 bits per heavy atom. The molecule has 1 aliphatic rings. The maximum atomic E-state index is 12.0. The van der Waals surface area contributed by atoms with Gasteiger partial charge >= 0.3 is 5.97 Å². The Hall–Kier alpha value is -1.12. The number of carbonyl (C=O) groups excluding carboxylic acids is 1. The fourth-order valence-electron chi connectivity index (χ4n) is 2.89. The molecule has 1 rings (SSSR count). The maximum absolute atomic E-state index is 12.0. The van der Waals surface area contributed by atoms with E-state index in [1.165, 1.54) is 25.7 Å². The zero-order valence-corrected chi connectivity index (χ0v) is 13.2. The zero-order chi connectivity index (χ0) is 15.3. The second kappa shape index (κ2) is 11.5. The van der Waals surface area contributed by atoms with E-state index in [-0.39, 0.29) is 5.78 Å². The van der Waals surface area contributed by atoms with Gasteiger partial charge in [0.2, 0.25) is 0 Å². The largest absolute Gasteiger partial charge is 0.481 e. The minimum atomic E-state index is -0.930. The fourth-order valence-corrected chi connectivity index (χ4v) is 2.89. The summed E-state index contributed by atoms with van der Waals surface area (Å²) < 4.78 is 0. The Bertz CT molecular complexity index is 333. The summed E-state index contributed by atoms with van der Waals surface area (Å²) in [6.07, 6.45) is 17.5. The minimum Gasteiger partial charge on any atom is -0.481 e. The van der Waals surface area contributed by atoms with Crippen molar-refractivity contribution >= 4 is 11.8 Å². The normalized spacial score (nSPS) is 25.9. The lowest BCUT2D eigenvalue weighted by Crippen LogP contribution is -2.23. The monoisotopic (exact) mass is 294 g/mol. The van der Waals surface area contributed by atoms with Crippen LogP contribution in [0.1, 0.15) is 83.5 Å². The quantitative estimate of drug-likeness (QED) is 0.553. The lowest BCUT2D eigenvalue weighted by Gasteiger charge is -2.11. The molecule has 1 aliphatic carbocycles. The van der Waals surface area contributed by atoms with E-state index in [0.717, 1.165) is 44.9 Å². The standard InChI is InChI=1S/C18H30O3/c19-17-15-13-11-9-7-5-3-1-2-4-6-8-10-12-14-16(17)18(20)21/h1-2,16H,3-15H2,(H,20,21)/b2-1-. The molecule has 3 heteroatoms. The van der Waals surface area contributed by atoms with Crippen LogP contribution in [0.25, 0.3) is 0 Å². The minimum absolute atomic E-state index is 0.0616. The Kier molecular flexibility index (Phi) is 9.84. The molecule has 120 valence electrons. The van der Waals surface area contributed by atoms with E-state index < -0.39 is 11.9 Å². The first-order chi connectivity index (χ1) is 10.2. The lowest BCUT2D eigenvalue weighted by molar-refractivity contribution is -0.146. The van der Waals surface area contributed by atoms with Crippen LogP contribution in [-0.2, 0) is 9.59 Å². The number of carboxylic acid groups (broad SMARTS) is 1. The third-order valence-electron chi connectivity index (χ3n) is 4.26. The number of carboxylic acids is 1. The SMILES string of the molecule is O=C(O)C1CCCCCC/C=C\CCCCCCCC1=O. The molecule has 0 aliphatic heterocycles. The van der Waals surface area contributed by atoms with Crippen molar-refractivity contribution in [2.24, 2.45) is 5.92 Å². The summed E-state index contributed by atoms with van der Waals surface area (Å²) >= 11 is 0. The van der Waals surface area contributed by atoms with Crippen molar-refractivity contribution < 1.29 is 14.7 Å². The molecule has 0 spiro atoms. The van der Waals surface area contributed by atoms with E-state index in [2.05, 4.69) is 12.2 Å². The van der Waals surface area contributed by atoms with Crippen molar-refractivity contribution in [1.82, 2.24) is 0 Å². The number of hydrogen-bond acceptors (Lipinski definition) is 2. The van der Waals surface area contributed by atoms with E-state index >= 15 is 0 Å². The average Bonchev–Trinajstić information content (AvgIpc) is 2.45. The van der Waals surface area contributed by atoms with Gasteiger partial charge in [0.15, 0.2) is 0 Å². The van der Waals surface area contributed by atoms with Gasteiger partial charge in [-0.3, -0.25) is 9.59 Å². The van der Waals surface area contributed by atoms with Crippen LogP contribution < -0.4 is 0 Å². The first kappa shape index (κ1) is 17.9. The first-order valence-corrected chi connectivity index (χ1v) is 8.62. The van der Waals surface area contributed by atoms with Crippen LogP contribution in [0.3, 0.4) is 0 Å². The molecular weight excluding hydrogens is 264 g/mol. The van der Waals surface area contributed by atoms with Crippen molar-refractivity contribution in [2.45, 2.75) is 83.5 Å². The summed E-state index contributed by atoms with van der Waals surface area (Å²) in [5.41, 5.74) is 0. The first-order valence-electron chi connectivity index (χ1n) is 8.62. The summed E-state index contributed by atoms with van der Waals surface area (Å²) in [5.74, 6) is -1.75. The average molecular weight is 294 g/mol. The third-order valence-corrected chi connectivity index (χ3v) is 4.26. The molecule has 0 heterocycles. The molecule has 0 saturated carbocycles. The Labute approximate surface area is 128 Å². The molecule has 0 bridgehead atoms. The fraction of sp³-hybridized carbons (Fsp3) is 0.778. The van der Waals surface area contributed by atoms with Crippen LogP contribution >= 0.6 is 0 Å². The van der Waals surface area contributed by atoms with Crippen molar-refractivity contribution in [2.75, 3.05) is 0 Å². The molecule has 0 radical (unpaired) electrons. The highest BCUT2D eigenvalue weighted by Gasteiger charge is 2.24.